The average Bonchev–Trinajstić information content (AvgIpc) is 1.82. The highest BCUT2D eigenvalue weighted by Crippen LogP contribution is 2.27. The molecule has 1 unspecified atom stereocenters. The van der Waals surface area contributed by atoms with Crippen molar-refractivity contribution in [2.24, 2.45) is 0 Å². The number of allylic oxidation sites excluding steroid dienone is 1. The molecule has 2 nitrogen and oxygen atoms in total. The van der Waals surface area contributed by atoms with Gasteiger partial charge in [0.05, 0.1) is 0 Å². The van der Waals surface area contributed by atoms with E-state index in [4.69, 9.17) is 10.2 Å². The molecular weight excluding hydrogens is 206 g/mol. The molecule has 0 radical (unpaired) electrons. The molecule has 78 valence electrons. The minimum atomic E-state index is -5.29. The molecule has 8 heteroatoms. The summed E-state index contributed by atoms with van der Waals surface area (Å²) in [7, 11) is 0. The Kier molecular flexibility index (Phi) is 3.20. The van der Waals surface area contributed by atoms with Gasteiger partial charge in [-0.1, -0.05) is 0 Å². The summed E-state index contributed by atoms with van der Waals surface area (Å²) in [6.45, 7) is 0. The van der Waals surface area contributed by atoms with Crippen LogP contribution in [0.3, 0.4) is 0 Å². The van der Waals surface area contributed by atoms with E-state index in [1.54, 1.807) is 0 Å². The molecule has 0 aromatic rings. The van der Waals surface area contributed by atoms with Crippen molar-refractivity contribution in [3.05, 3.63) is 11.8 Å². The third kappa shape index (κ3) is 4.02. The molecule has 0 spiro atoms. The van der Waals surface area contributed by atoms with Crippen molar-refractivity contribution in [2.75, 3.05) is 0 Å². The van der Waals surface area contributed by atoms with Crippen LogP contribution in [0.25, 0.3) is 0 Å². The molecule has 0 aliphatic carbocycles. The summed E-state index contributed by atoms with van der Waals surface area (Å²) >= 11 is 0. The largest absolute Gasteiger partial charge is 0.504 e. The van der Waals surface area contributed by atoms with Gasteiger partial charge in [0.2, 0.25) is 0 Å². The van der Waals surface area contributed by atoms with E-state index in [1.807, 2.05) is 0 Å². The van der Waals surface area contributed by atoms with Crippen molar-refractivity contribution < 1.29 is 36.6 Å². The second kappa shape index (κ2) is 3.44. The van der Waals surface area contributed by atoms with Gasteiger partial charge in [0.25, 0.3) is 0 Å². The maximum Gasteiger partial charge on any atom is 0.448 e. The van der Waals surface area contributed by atoms with Gasteiger partial charge in [0.15, 0.2) is 11.9 Å². The predicted octanol–water partition coefficient (Wildman–Crippen LogP) is 1.91. The van der Waals surface area contributed by atoms with Crippen LogP contribution in [0.5, 0.6) is 0 Å². The number of aliphatic hydroxyl groups excluding tert-OH is 2. The SMILES string of the molecule is O/C(=C\C(O)C(F)(F)F)C(F)(F)F. The topological polar surface area (TPSA) is 40.5 Å². The van der Waals surface area contributed by atoms with E-state index in [2.05, 4.69) is 0 Å². The van der Waals surface area contributed by atoms with Crippen LogP contribution in [-0.4, -0.2) is 28.7 Å². The Balaban J connectivity index is 4.59. The third-order valence-electron chi connectivity index (χ3n) is 0.942. The van der Waals surface area contributed by atoms with E-state index in [9.17, 15) is 26.3 Å². The molecule has 0 saturated heterocycles. The Morgan fingerprint density at radius 2 is 1.46 bits per heavy atom. The fourth-order valence-corrected chi connectivity index (χ4v) is 0.339. The normalized spacial score (nSPS) is 17.3. The van der Waals surface area contributed by atoms with E-state index < -0.39 is 30.3 Å². The van der Waals surface area contributed by atoms with Gasteiger partial charge in [-0.05, 0) is 0 Å². The molecular formula is C5H4F6O2. The van der Waals surface area contributed by atoms with Gasteiger partial charge in [-0.2, -0.15) is 26.3 Å². The first kappa shape index (κ1) is 12.1. The van der Waals surface area contributed by atoms with Crippen LogP contribution in [-0.2, 0) is 0 Å². The van der Waals surface area contributed by atoms with E-state index in [0.29, 0.717) is 0 Å². The van der Waals surface area contributed by atoms with Crippen LogP contribution in [0.1, 0.15) is 0 Å². The molecule has 13 heavy (non-hydrogen) atoms. The quantitative estimate of drug-likeness (QED) is 0.512. The molecule has 0 aromatic heterocycles. The zero-order chi connectivity index (χ0) is 10.9. The summed E-state index contributed by atoms with van der Waals surface area (Å²) in [5.41, 5.74) is 0. The lowest BCUT2D eigenvalue weighted by atomic mass is 10.3. The smallest absolute Gasteiger partial charge is 0.448 e. The van der Waals surface area contributed by atoms with Crippen LogP contribution >= 0.6 is 0 Å². The summed E-state index contributed by atoms with van der Waals surface area (Å²) in [6.07, 6.45) is -14.6. The molecule has 0 aliphatic heterocycles. The van der Waals surface area contributed by atoms with Crippen LogP contribution in [0.4, 0.5) is 26.3 Å². The summed E-state index contributed by atoms with van der Waals surface area (Å²) < 4.78 is 68.5. The lowest BCUT2D eigenvalue weighted by molar-refractivity contribution is -0.190. The monoisotopic (exact) mass is 210 g/mol. The molecule has 0 aromatic carbocycles. The van der Waals surface area contributed by atoms with E-state index >= 15 is 0 Å². The Morgan fingerprint density at radius 1 is 1.08 bits per heavy atom. The highest BCUT2D eigenvalue weighted by Gasteiger charge is 2.41. The summed E-state index contributed by atoms with van der Waals surface area (Å²) in [5, 5.41) is 16.1. The minimum absolute atomic E-state index is 0.722. The van der Waals surface area contributed by atoms with Gasteiger partial charge in [0, 0.05) is 6.08 Å². The second-order valence-electron chi connectivity index (χ2n) is 2.04. The van der Waals surface area contributed by atoms with Crippen molar-refractivity contribution in [3.8, 4) is 0 Å². The number of rotatable bonds is 1. The van der Waals surface area contributed by atoms with Gasteiger partial charge < -0.3 is 10.2 Å². The first-order valence-corrected chi connectivity index (χ1v) is 2.78. The summed E-state index contributed by atoms with van der Waals surface area (Å²) in [5.74, 6) is -2.47. The van der Waals surface area contributed by atoms with Crippen LogP contribution in [0.2, 0.25) is 0 Å². The van der Waals surface area contributed by atoms with Gasteiger partial charge in [-0.25, -0.2) is 0 Å². The highest BCUT2D eigenvalue weighted by atomic mass is 19.4. The van der Waals surface area contributed by atoms with Gasteiger partial charge >= 0.3 is 12.4 Å². The van der Waals surface area contributed by atoms with Gasteiger partial charge in [0.1, 0.15) is 0 Å². The van der Waals surface area contributed by atoms with Crippen LogP contribution < -0.4 is 0 Å². The van der Waals surface area contributed by atoms with Crippen molar-refractivity contribution >= 4 is 0 Å². The van der Waals surface area contributed by atoms with Crippen LogP contribution in [0, 0.1) is 0 Å². The Morgan fingerprint density at radius 3 is 1.69 bits per heavy atom. The molecule has 0 bridgehead atoms. The number of hydrogen-bond donors (Lipinski definition) is 2. The first-order chi connectivity index (χ1) is 5.55. The predicted molar refractivity (Wildman–Crippen MR) is 28.8 cm³/mol. The molecule has 1 atom stereocenters. The maximum absolute atomic E-state index is 11.4. The Hall–Kier alpha value is -0.920. The lowest BCUT2D eigenvalue weighted by Gasteiger charge is -2.11. The average molecular weight is 210 g/mol. The van der Waals surface area contributed by atoms with Crippen LogP contribution in [0.15, 0.2) is 11.8 Å². The molecule has 0 fully saturated rings. The Labute approximate surface area is 68.1 Å². The first-order valence-electron chi connectivity index (χ1n) is 2.78. The van der Waals surface area contributed by atoms with E-state index in [1.165, 1.54) is 0 Å². The number of hydrogen-bond acceptors (Lipinski definition) is 2. The molecule has 0 heterocycles. The molecule has 0 aliphatic rings. The fourth-order valence-electron chi connectivity index (χ4n) is 0.339. The zero-order valence-electron chi connectivity index (χ0n) is 5.82. The zero-order valence-corrected chi connectivity index (χ0v) is 5.82. The summed E-state index contributed by atoms with van der Waals surface area (Å²) in [6, 6.07) is 0. The maximum atomic E-state index is 11.4. The molecule has 0 rings (SSSR count). The number of alkyl halides is 6. The molecule has 0 amide bonds. The van der Waals surface area contributed by atoms with Gasteiger partial charge in [-0.15, -0.1) is 0 Å². The van der Waals surface area contributed by atoms with Gasteiger partial charge in [-0.3, -0.25) is 0 Å². The molecule has 0 saturated carbocycles. The summed E-state index contributed by atoms with van der Waals surface area (Å²) in [4.78, 5) is 0. The highest BCUT2D eigenvalue weighted by molar-refractivity contribution is 5.03. The standard InChI is InChI=1S/C5H4F6O2/c6-4(7,8)2(12)1-3(13)5(9,10)11/h1-2,12-13H/b3-1-. The molecule has 2 N–H and O–H groups in total. The van der Waals surface area contributed by atoms with Crippen molar-refractivity contribution in [1.82, 2.24) is 0 Å². The second-order valence-corrected chi connectivity index (χ2v) is 2.04. The minimum Gasteiger partial charge on any atom is -0.504 e. The third-order valence-corrected chi connectivity index (χ3v) is 0.942. The van der Waals surface area contributed by atoms with Crippen molar-refractivity contribution in [2.45, 2.75) is 18.5 Å². The van der Waals surface area contributed by atoms with E-state index in [-0.39, 0.29) is 0 Å². The lowest BCUT2D eigenvalue weighted by Crippen LogP contribution is -2.28. The number of aliphatic hydroxyl groups is 2. The Bertz CT molecular complexity index is 202. The van der Waals surface area contributed by atoms with E-state index in [0.717, 1.165) is 0 Å². The number of halogens is 6. The van der Waals surface area contributed by atoms with Crippen molar-refractivity contribution in [3.63, 3.8) is 0 Å². The fraction of sp³-hybridized carbons (Fsp3) is 0.600. The van der Waals surface area contributed by atoms with Crippen molar-refractivity contribution in [1.29, 1.82) is 0 Å².